The Morgan fingerprint density at radius 2 is 1.86 bits per heavy atom. The predicted molar refractivity (Wildman–Crippen MR) is 63.2 cm³/mol. The first-order valence-corrected chi connectivity index (χ1v) is 6.07. The van der Waals surface area contributed by atoms with Gasteiger partial charge >= 0.3 is 0 Å². The summed E-state index contributed by atoms with van der Waals surface area (Å²) in [6, 6.07) is 6.32. The molecule has 0 unspecified atom stereocenters. The Bertz CT molecular complexity index is 295. The SMILES string of the molecule is O=C(CCI)CCc1ccc(F)cc1. The quantitative estimate of drug-likeness (QED) is 0.603. The fraction of sp³-hybridized carbons (Fsp3) is 0.364. The van der Waals surface area contributed by atoms with Crippen molar-refractivity contribution in [1.29, 1.82) is 0 Å². The molecule has 0 bridgehead atoms. The molecule has 0 aromatic heterocycles. The summed E-state index contributed by atoms with van der Waals surface area (Å²) >= 11 is 2.19. The maximum Gasteiger partial charge on any atom is 0.134 e. The average Bonchev–Trinajstić information content (AvgIpc) is 2.17. The van der Waals surface area contributed by atoms with E-state index in [9.17, 15) is 9.18 Å². The van der Waals surface area contributed by atoms with Gasteiger partial charge in [-0.3, -0.25) is 4.79 Å². The van der Waals surface area contributed by atoms with Gasteiger partial charge in [0.15, 0.2) is 0 Å². The van der Waals surface area contributed by atoms with Gasteiger partial charge < -0.3 is 0 Å². The fourth-order valence-electron chi connectivity index (χ4n) is 1.17. The number of hydrogen-bond acceptors (Lipinski definition) is 1. The summed E-state index contributed by atoms with van der Waals surface area (Å²) in [5.74, 6) is 0.0519. The number of aryl methyl sites for hydroxylation is 1. The number of carbonyl (C=O) groups excluding carboxylic acids is 1. The largest absolute Gasteiger partial charge is 0.300 e. The summed E-state index contributed by atoms with van der Waals surface area (Å²) in [6.07, 6.45) is 1.92. The molecule has 0 spiro atoms. The van der Waals surface area contributed by atoms with E-state index in [-0.39, 0.29) is 11.6 Å². The second kappa shape index (κ2) is 6.11. The molecule has 3 heteroatoms. The van der Waals surface area contributed by atoms with E-state index in [2.05, 4.69) is 22.6 Å². The number of carbonyl (C=O) groups is 1. The standard InChI is InChI=1S/C11H12FIO/c12-10-4-1-9(2-5-10)3-6-11(14)7-8-13/h1-2,4-5H,3,6-8H2. The average molecular weight is 306 g/mol. The van der Waals surface area contributed by atoms with Gasteiger partial charge in [-0.1, -0.05) is 34.7 Å². The van der Waals surface area contributed by atoms with Gasteiger partial charge in [-0.05, 0) is 24.1 Å². The van der Waals surface area contributed by atoms with Crippen LogP contribution in [0.15, 0.2) is 24.3 Å². The smallest absolute Gasteiger partial charge is 0.134 e. The van der Waals surface area contributed by atoms with Crippen molar-refractivity contribution in [3.8, 4) is 0 Å². The zero-order chi connectivity index (χ0) is 10.4. The summed E-state index contributed by atoms with van der Waals surface area (Å²) in [6.45, 7) is 0. The topological polar surface area (TPSA) is 17.1 Å². The molecule has 14 heavy (non-hydrogen) atoms. The van der Waals surface area contributed by atoms with Gasteiger partial charge in [0.25, 0.3) is 0 Å². The van der Waals surface area contributed by atoms with Crippen LogP contribution >= 0.6 is 22.6 Å². The van der Waals surface area contributed by atoms with Crippen LogP contribution in [-0.4, -0.2) is 10.2 Å². The Kier molecular flexibility index (Phi) is 5.07. The van der Waals surface area contributed by atoms with Crippen molar-refractivity contribution >= 4 is 28.4 Å². The minimum absolute atomic E-state index is 0.229. The predicted octanol–water partition coefficient (Wildman–Crippen LogP) is 3.15. The first-order chi connectivity index (χ1) is 6.72. The van der Waals surface area contributed by atoms with E-state index < -0.39 is 0 Å². The number of hydrogen-bond donors (Lipinski definition) is 0. The lowest BCUT2D eigenvalue weighted by atomic mass is 10.1. The lowest BCUT2D eigenvalue weighted by Gasteiger charge is -1.99. The highest BCUT2D eigenvalue weighted by Gasteiger charge is 2.01. The number of benzene rings is 1. The zero-order valence-corrected chi connectivity index (χ0v) is 9.96. The van der Waals surface area contributed by atoms with Crippen molar-refractivity contribution in [3.05, 3.63) is 35.6 Å². The lowest BCUT2D eigenvalue weighted by molar-refractivity contribution is -0.118. The van der Waals surface area contributed by atoms with Gasteiger partial charge in [0.05, 0.1) is 0 Å². The lowest BCUT2D eigenvalue weighted by Crippen LogP contribution is -2.00. The zero-order valence-electron chi connectivity index (χ0n) is 7.80. The molecule has 1 aromatic carbocycles. The molecule has 0 saturated carbocycles. The van der Waals surface area contributed by atoms with Crippen molar-refractivity contribution in [1.82, 2.24) is 0 Å². The summed E-state index contributed by atoms with van der Waals surface area (Å²) in [7, 11) is 0. The molecule has 76 valence electrons. The van der Waals surface area contributed by atoms with Crippen molar-refractivity contribution in [3.63, 3.8) is 0 Å². The van der Waals surface area contributed by atoms with Crippen molar-refractivity contribution < 1.29 is 9.18 Å². The number of ketones is 1. The highest BCUT2D eigenvalue weighted by atomic mass is 127. The third-order valence-electron chi connectivity index (χ3n) is 1.98. The van der Waals surface area contributed by atoms with E-state index in [1.54, 1.807) is 12.1 Å². The van der Waals surface area contributed by atoms with Gasteiger partial charge in [-0.25, -0.2) is 4.39 Å². The van der Waals surface area contributed by atoms with E-state index >= 15 is 0 Å². The maximum absolute atomic E-state index is 12.5. The van der Waals surface area contributed by atoms with Crippen molar-refractivity contribution in [2.24, 2.45) is 0 Å². The molecule has 0 atom stereocenters. The molecule has 0 radical (unpaired) electrons. The normalized spacial score (nSPS) is 10.1. The maximum atomic E-state index is 12.5. The van der Waals surface area contributed by atoms with Crippen LogP contribution in [-0.2, 0) is 11.2 Å². The number of rotatable bonds is 5. The first kappa shape index (κ1) is 11.6. The summed E-state index contributed by atoms with van der Waals surface area (Å²) in [5, 5.41) is 0. The second-order valence-corrected chi connectivity index (χ2v) is 4.18. The Labute approximate surface area is 96.8 Å². The molecule has 0 aliphatic carbocycles. The van der Waals surface area contributed by atoms with Crippen LogP contribution in [0, 0.1) is 5.82 Å². The van der Waals surface area contributed by atoms with E-state index in [0.29, 0.717) is 12.8 Å². The summed E-state index contributed by atoms with van der Waals surface area (Å²) in [4.78, 5) is 11.2. The third kappa shape index (κ3) is 4.17. The molecule has 0 aliphatic heterocycles. The summed E-state index contributed by atoms with van der Waals surface area (Å²) in [5.41, 5.74) is 1.02. The Hall–Kier alpha value is -0.450. The number of halogens is 2. The van der Waals surface area contributed by atoms with Crippen LogP contribution in [0.25, 0.3) is 0 Å². The van der Waals surface area contributed by atoms with Gasteiger partial charge in [0.1, 0.15) is 11.6 Å². The number of alkyl halides is 1. The minimum Gasteiger partial charge on any atom is -0.300 e. The van der Waals surface area contributed by atoms with Gasteiger partial charge in [0.2, 0.25) is 0 Å². The molecular weight excluding hydrogens is 294 g/mol. The van der Waals surface area contributed by atoms with Crippen LogP contribution in [0.2, 0.25) is 0 Å². The van der Waals surface area contributed by atoms with Gasteiger partial charge in [-0.2, -0.15) is 0 Å². The van der Waals surface area contributed by atoms with Crippen LogP contribution < -0.4 is 0 Å². The fourth-order valence-corrected chi connectivity index (χ4v) is 1.77. The summed E-state index contributed by atoms with van der Waals surface area (Å²) < 4.78 is 13.4. The second-order valence-electron chi connectivity index (χ2n) is 3.10. The van der Waals surface area contributed by atoms with Crippen LogP contribution in [0.3, 0.4) is 0 Å². The molecule has 1 rings (SSSR count). The van der Waals surface area contributed by atoms with Crippen LogP contribution in [0.5, 0.6) is 0 Å². The molecule has 0 heterocycles. The number of Topliss-reactive ketones (excluding diaryl/α,β-unsaturated/α-hetero) is 1. The molecule has 1 nitrogen and oxygen atoms in total. The highest BCUT2D eigenvalue weighted by Crippen LogP contribution is 2.06. The van der Waals surface area contributed by atoms with Crippen molar-refractivity contribution in [2.45, 2.75) is 19.3 Å². The molecule has 0 fully saturated rings. The first-order valence-electron chi connectivity index (χ1n) is 4.54. The molecule has 0 N–H and O–H groups in total. The van der Waals surface area contributed by atoms with E-state index in [1.807, 2.05) is 0 Å². The van der Waals surface area contributed by atoms with E-state index in [1.165, 1.54) is 12.1 Å². The Morgan fingerprint density at radius 3 is 2.43 bits per heavy atom. The molecule has 1 aromatic rings. The van der Waals surface area contributed by atoms with Crippen molar-refractivity contribution in [2.75, 3.05) is 4.43 Å². The molecule has 0 saturated heterocycles. The van der Waals surface area contributed by atoms with E-state index in [4.69, 9.17) is 0 Å². The Morgan fingerprint density at radius 1 is 1.21 bits per heavy atom. The minimum atomic E-state index is -0.229. The molecular formula is C11H12FIO. The van der Waals surface area contributed by atoms with Crippen LogP contribution in [0.1, 0.15) is 18.4 Å². The Balaban J connectivity index is 2.38. The monoisotopic (exact) mass is 306 g/mol. The van der Waals surface area contributed by atoms with E-state index in [0.717, 1.165) is 16.4 Å². The molecule has 0 aliphatic rings. The van der Waals surface area contributed by atoms with Crippen LogP contribution in [0.4, 0.5) is 4.39 Å². The highest BCUT2D eigenvalue weighted by molar-refractivity contribution is 14.1. The van der Waals surface area contributed by atoms with Gasteiger partial charge in [0, 0.05) is 17.3 Å². The molecule has 0 amide bonds. The van der Waals surface area contributed by atoms with Gasteiger partial charge in [-0.15, -0.1) is 0 Å². The third-order valence-corrected chi connectivity index (χ3v) is 2.52.